The minimum Gasteiger partial charge on any atom is -0.492 e. The molecule has 1 amide bonds. The van der Waals surface area contributed by atoms with E-state index in [1.807, 2.05) is 36.1 Å². The molecule has 0 bridgehead atoms. The number of halogens is 1. The summed E-state index contributed by atoms with van der Waals surface area (Å²) in [6.07, 6.45) is 0.718. The normalized spacial score (nSPS) is 16.6. The molecular formula is C19H23ClN5O2S+. The Labute approximate surface area is 172 Å². The maximum atomic E-state index is 11.7. The molecule has 1 aliphatic rings. The first kappa shape index (κ1) is 19.2. The van der Waals surface area contributed by atoms with E-state index in [-0.39, 0.29) is 17.8 Å². The van der Waals surface area contributed by atoms with E-state index in [9.17, 15) is 9.90 Å². The van der Waals surface area contributed by atoms with Gasteiger partial charge >= 0.3 is 0 Å². The summed E-state index contributed by atoms with van der Waals surface area (Å²) in [5.74, 6) is 0.936. The van der Waals surface area contributed by atoms with Crippen LogP contribution in [0.5, 0.6) is 5.88 Å². The van der Waals surface area contributed by atoms with Crippen molar-refractivity contribution in [1.29, 1.82) is 0 Å². The molecule has 1 aliphatic heterocycles. The van der Waals surface area contributed by atoms with E-state index >= 15 is 0 Å². The minimum atomic E-state index is -0.138. The van der Waals surface area contributed by atoms with Crippen molar-refractivity contribution in [1.82, 2.24) is 19.5 Å². The van der Waals surface area contributed by atoms with Crippen molar-refractivity contribution in [3.63, 3.8) is 0 Å². The van der Waals surface area contributed by atoms with E-state index in [2.05, 4.69) is 10.1 Å². The van der Waals surface area contributed by atoms with Gasteiger partial charge in [-0.05, 0) is 6.07 Å². The first-order chi connectivity index (χ1) is 13.5. The Morgan fingerprint density at radius 1 is 1.36 bits per heavy atom. The fraction of sp³-hybridized carbons (Fsp3) is 0.421. The molecule has 3 heterocycles. The molecule has 0 radical (unpaired) electrons. The number of carbonyl (C=O) groups excluding carboxylic acids is 1. The lowest BCUT2D eigenvalue weighted by molar-refractivity contribution is -0.929. The minimum absolute atomic E-state index is 0.0991. The third-order valence-electron chi connectivity index (χ3n) is 5.30. The summed E-state index contributed by atoms with van der Waals surface area (Å²) >= 11 is 8.00. The Morgan fingerprint density at radius 3 is 2.68 bits per heavy atom. The van der Waals surface area contributed by atoms with Crippen LogP contribution in [-0.2, 0) is 11.2 Å². The lowest BCUT2D eigenvalue weighted by Gasteiger charge is -2.36. The lowest BCUT2D eigenvalue weighted by atomic mass is 10.0. The number of nitrogens with zero attached hydrogens (tertiary/aromatic N) is 4. The molecule has 0 unspecified atom stereocenters. The van der Waals surface area contributed by atoms with Gasteiger partial charge in [-0.25, -0.2) is 4.98 Å². The second kappa shape index (κ2) is 7.69. The van der Waals surface area contributed by atoms with E-state index in [1.54, 1.807) is 6.92 Å². The molecule has 1 aromatic carbocycles. The number of thiazole rings is 1. The Bertz CT molecular complexity index is 1010. The van der Waals surface area contributed by atoms with Crippen LogP contribution in [0.1, 0.15) is 36.2 Å². The van der Waals surface area contributed by atoms with Gasteiger partial charge in [-0.1, -0.05) is 48.1 Å². The fourth-order valence-electron chi connectivity index (χ4n) is 3.78. The number of amides is 1. The van der Waals surface area contributed by atoms with Crippen LogP contribution in [0.15, 0.2) is 24.3 Å². The molecule has 3 aromatic rings. The summed E-state index contributed by atoms with van der Waals surface area (Å²) in [6.45, 7) is 6.53. The molecule has 2 aromatic heterocycles. The number of carbonyl (C=O) groups is 1. The molecule has 1 saturated heterocycles. The van der Waals surface area contributed by atoms with E-state index in [0.717, 1.165) is 30.0 Å². The van der Waals surface area contributed by atoms with E-state index < -0.39 is 0 Å². The summed E-state index contributed by atoms with van der Waals surface area (Å²) < 4.78 is 1.52. The van der Waals surface area contributed by atoms with Crippen LogP contribution < -0.4 is 4.90 Å². The van der Waals surface area contributed by atoms with Gasteiger partial charge in [0.05, 0.1) is 31.2 Å². The van der Waals surface area contributed by atoms with Crippen LogP contribution in [0.2, 0.25) is 5.02 Å². The van der Waals surface area contributed by atoms with Crippen LogP contribution >= 0.6 is 22.9 Å². The van der Waals surface area contributed by atoms with Crippen LogP contribution in [0, 0.1) is 0 Å². The van der Waals surface area contributed by atoms with Crippen LogP contribution in [0.4, 0.5) is 0 Å². The maximum absolute atomic E-state index is 11.7. The smallest absolute Gasteiger partial charge is 0.235 e. The van der Waals surface area contributed by atoms with Gasteiger partial charge in [-0.3, -0.25) is 4.79 Å². The largest absolute Gasteiger partial charge is 0.492 e. The van der Waals surface area contributed by atoms with Crippen molar-refractivity contribution in [2.45, 2.75) is 26.3 Å². The number of hydrogen-bond donors (Lipinski definition) is 2. The predicted octanol–water partition coefficient (Wildman–Crippen LogP) is 1.55. The number of aromatic nitrogens is 3. The highest BCUT2D eigenvalue weighted by atomic mass is 35.5. The Hall–Kier alpha value is -2.16. The van der Waals surface area contributed by atoms with Gasteiger partial charge in [0.2, 0.25) is 16.7 Å². The standard InChI is InChI=1S/C19H22ClN5O2S/c1-3-15-21-19-25(22-15)18(27)17(28-19)16(13-6-4-5-7-14(13)20)24-10-8-23(9-11-24)12(2)26/h4-7,16,27H,3,8-11H2,1-2H3/p+1/t16-/m0/s1. The molecular weight excluding hydrogens is 398 g/mol. The SMILES string of the molecule is CCc1nc2sc([C@H](c3ccccc3Cl)[NH+]3CCN(C(C)=O)CC3)c(O)n2n1. The molecule has 7 nitrogen and oxygen atoms in total. The van der Waals surface area contributed by atoms with Crippen LogP contribution in [0.3, 0.4) is 0 Å². The zero-order chi connectivity index (χ0) is 19.8. The van der Waals surface area contributed by atoms with Crippen molar-refractivity contribution in [2.75, 3.05) is 26.2 Å². The van der Waals surface area contributed by atoms with Gasteiger partial charge in [-0.15, -0.1) is 5.10 Å². The predicted molar refractivity (Wildman–Crippen MR) is 108 cm³/mol. The first-order valence-electron chi connectivity index (χ1n) is 9.41. The summed E-state index contributed by atoms with van der Waals surface area (Å²) in [7, 11) is 0. The van der Waals surface area contributed by atoms with Crippen LogP contribution in [-0.4, -0.2) is 56.7 Å². The van der Waals surface area contributed by atoms with E-state index in [4.69, 9.17) is 11.6 Å². The Kier molecular flexibility index (Phi) is 5.27. The first-order valence-corrected chi connectivity index (χ1v) is 10.6. The lowest BCUT2D eigenvalue weighted by Crippen LogP contribution is -3.15. The number of hydrogen-bond acceptors (Lipinski definition) is 5. The third-order valence-corrected chi connectivity index (χ3v) is 6.73. The van der Waals surface area contributed by atoms with Gasteiger partial charge in [-0.2, -0.15) is 4.52 Å². The Morgan fingerprint density at radius 2 is 2.07 bits per heavy atom. The second-order valence-corrected chi connectivity index (χ2v) is 8.40. The summed E-state index contributed by atoms with van der Waals surface area (Å²) in [4.78, 5) is 20.8. The number of quaternary nitrogens is 1. The molecule has 0 aliphatic carbocycles. The number of aromatic hydroxyl groups is 1. The maximum Gasteiger partial charge on any atom is 0.235 e. The molecule has 0 spiro atoms. The molecule has 1 fully saturated rings. The average Bonchev–Trinajstić information content (AvgIpc) is 3.23. The van der Waals surface area contributed by atoms with Crippen molar-refractivity contribution in [3.8, 4) is 5.88 Å². The fourth-order valence-corrected chi connectivity index (χ4v) is 5.18. The van der Waals surface area contributed by atoms with Gasteiger partial charge in [0.15, 0.2) is 11.9 Å². The molecule has 28 heavy (non-hydrogen) atoms. The van der Waals surface area contributed by atoms with Gasteiger partial charge < -0.3 is 14.9 Å². The van der Waals surface area contributed by atoms with Crippen molar-refractivity contribution >= 4 is 33.8 Å². The van der Waals surface area contributed by atoms with Gasteiger partial charge in [0.1, 0.15) is 4.88 Å². The number of fused-ring (bicyclic) bond motifs is 1. The number of rotatable bonds is 4. The van der Waals surface area contributed by atoms with Crippen LogP contribution in [0.25, 0.3) is 4.96 Å². The van der Waals surface area contributed by atoms with Gasteiger partial charge in [0.25, 0.3) is 0 Å². The third kappa shape index (κ3) is 3.36. The topological polar surface area (TPSA) is 75.2 Å². The van der Waals surface area contributed by atoms with E-state index in [0.29, 0.717) is 28.9 Å². The number of piperazine rings is 1. The van der Waals surface area contributed by atoms with E-state index in [1.165, 1.54) is 20.8 Å². The zero-order valence-corrected chi connectivity index (χ0v) is 17.4. The van der Waals surface area contributed by atoms with Gasteiger partial charge in [0, 0.05) is 18.9 Å². The summed E-state index contributed by atoms with van der Waals surface area (Å²) in [5.41, 5.74) is 0.964. The summed E-state index contributed by atoms with van der Waals surface area (Å²) in [5, 5.41) is 16.0. The van der Waals surface area contributed by atoms with Crippen molar-refractivity contribution < 1.29 is 14.8 Å². The number of nitrogens with one attached hydrogen (secondary N) is 1. The molecule has 9 heteroatoms. The zero-order valence-electron chi connectivity index (χ0n) is 15.9. The molecule has 2 N–H and O–H groups in total. The quantitative estimate of drug-likeness (QED) is 0.671. The Balaban J connectivity index is 1.76. The highest BCUT2D eigenvalue weighted by molar-refractivity contribution is 7.17. The summed E-state index contributed by atoms with van der Waals surface area (Å²) in [6, 6.07) is 7.61. The average molecular weight is 421 g/mol. The number of aryl methyl sites for hydroxylation is 1. The van der Waals surface area contributed by atoms with Crippen molar-refractivity contribution in [3.05, 3.63) is 45.6 Å². The van der Waals surface area contributed by atoms with Crippen molar-refractivity contribution in [2.24, 2.45) is 0 Å². The number of benzene rings is 1. The molecule has 4 rings (SSSR count). The monoisotopic (exact) mass is 420 g/mol. The molecule has 1 atom stereocenters. The second-order valence-electron chi connectivity index (χ2n) is 6.98. The molecule has 0 saturated carbocycles. The highest BCUT2D eigenvalue weighted by Gasteiger charge is 2.36. The molecule has 148 valence electrons. The highest BCUT2D eigenvalue weighted by Crippen LogP contribution is 2.37.